The molecule has 0 aliphatic heterocycles. The number of rotatable bonds is 3. The van der Waals surface area contributed by atoms with Gasteiger partial charge in [0.2, 0.25) is 0 Å². The van der Waals surface area contributed by atoms with E-state index in [1.54, 1.807) is 6.07 Å². The van der Waals surface area contributed by atoms with Crippen molar-refractivity contribution in [1.29, 1.82) is 0 Å². The second-order valence-corrected chi connectivity index (χ2v) is 4.66. The Kier molecular flexibility index (Phi) is 4.79. The molecule has 0 saturated carbocycles. The van der Waals surface area contributed by atoms with E-state index >= 15 is 0 Å². The Morgan fingerprint density at radius 2 is 1.86 bits per heavy atom. The van der Waals surface area contributed by atoms with Gasteiger partial charge in [-0.05, 0) is 33.6 Å². The van der Waals surface area contributed by atoms with E-state index in [-0.39, 0.29) is 5.75 Å². The van der Waals surface area contributed by atoms with Gasteiger partial charge in [0.15, 0.2) is 0 Å². The van der Waals surface area contributed by atoms with Crippen LogP contribution >= 0.6 is 47.8 Å². The molecule has 0 saturated heterocycles. The van der Waals surface area contributed by atoms with Crippen LogP contribution in [0.1, 0.15) is 5.56 Å². The molecule has 78 valence electrons. The highest BCUT2D eigenvalue weighted by molar-refractivity contribution is 9.11. The fourth-order valence-electron chi connectivity index (χ4n) is 0.858. The average Bonchev–Trinajstić information content (AvgIpc) is 2.10. The first-order valence-electron chi connectivity index (χ1n) is 3.53. The van der Waals surface area contributed by atoms with E-state index in [9.17, 15) is 8.78 Å². The molecular weight excluding hydrogens is 390 g/mol. The summed E-state index contributed by atoms with van der Waals surface area (Å²) in [7, 11) is 0. The first kappa shape index (κ1) is 12.4. The van der Waals surface area contributed by atoms with Gasteiger partial charge in [0.25, 0.3) is 0 Å². The van der Waals surface area contributed by atoms with Crippen molar-refractivity contribution >= 4 is 47.8 Å². The molecule has 0 fully saturated rings. The van der Waals surface area contributed by atoms with Crippen molar-refractivity contribution in [1.82, 2.24) is 0 Å². The van der Waals surface area contributed by atoms with Crippen LogP contribution < -0.4 is 4.74 Å². The molecule has 0 bridgehead atoms. The predicted octanol–water partition coefficient (Wildman–Crippen LogP) is 4.71. The van der Waals surface area contributed by atoms with E-state index in [0.717, 1.165) is 10.0 Å². The lowest BCUT2D eigenvalue weighted by Gasteiger charge is -2.09. The van der Waals surface area contributed by atoms with Crippen LogP contribution in [0.5, 0.6) is 5.75 Å². The standard InChI is InChI=1S/C8H5Br3F2O/c9-3-4-1-6(11)7(2-5(4)10)14-8(12)13/h1-2,8H,3H2. The van der Waals surface area contributed by atoms with Crippen LogP contribution in [0.2, 0.25) is 0 Å². The van der Waals surface area contributed by atoms with Crippen molar-refractivity contribution in [2.75, 3.05) is 0 Å². The maximum atomic E-state index is 11.9. The van der Waals surface area contributed by atoms with Crippen molar-refractivity contribution in [2.45, 2.75) is 11.9 Å². The fraction of sp³-hybridized carbons (Fsp3) is 0.250. The van der Waals surface area contributed by atoms with E-state index in [4.69, 9.17) is 0 Å². The van der Waals surface area contributed by atoms with Gasteiger partial charge in [-0.3, -0.25) is 0 Å². The van der Waals surface area contributed by atoms with Crippen molar-refractivity contribution < 1.29 is 13.5 Å². The maximum Gasteiger partial charge on any atom is 0.387 e. The Balaban J connectivity index is 3.02. The van der Waals surface area contributed by atoms with Gasteiger partial charge >= 0.3 is 6.61 Å². The van der Waals surface area contributed by atoms with Gasteiger partial charge in [-0.1, -0.05) is 31.9 Å². The van der Waals surface area contributed by atoms with Crippen LogP contribution in [0.4, 0.5) is 8.78 Å². The Labute approximate surface area is 105 Å². The average molecular weight is 395 g/mol. The molecule has 0 amide bonds. The molecule has 14 heavy (non-hydrogen) atoms. The van der Waals surface area contributed by atoms with Gasteiger partial charge in [0.05, 0.1) is 4.47 Å². The number of alkyl halides is 3. The van der Waals surface area contributed by atoms with Crippen LogP contribution in [-0.4, -0.2) is 6.61 Å². The zero-order chi connectivity index (χ0) is 10.7. The van der Waals surface area contributed by atoms with E-state index in [1.807, 2.05) is 0 Å². The minimum Gasteiger partial charge on any atom is -0.434 e. The predicted molar refractivity (Wildman–Crippen MR) is 61.1 cm³/mol. The first-order chi connectivity index (χ1) is 6.54. The Morgan fingerprint density at radius 3 is 2.36 bits per heavy atom. The van der Waals surface area contributed by atoms with Crippen LogP contribution in [-0.2, 0) is 5.33 Å². The van der Waals surface area contributed by atoms with Crippen molar-refractivity contribution in [3.8, 4) is 5.75 Å². The molecule has 0 spiro atoms. The summed E-state index contributed by atoms with van der Waals surface area (Å²) in [6.45, 7) is -2.81. The number of ether oxygens (including phenoxy) is 1. The molecule has 1 aromatic carbocycles. The van der Waals surface area contributed by atoms with Crippen LogP contribution in [0.15, 0.2) is 21.1 Å². The Morgan fingerprint density at radius 1 is 1.21 bits per heavy atom. The summed E-state index contributed by atoms with van der Waals surface area (Å²) in [5.41, 5.74) is 0.957. The zero-order valence-electron chi connectivity index (χ0n) is 6.74. The third-order valence-electron chi connectivity index (χ3n) is 1.46. The first-order valence-corrected chi connectivity index (χ1v) is 6.24. The third-order valence-corrected chi connectivity index (χ3v) is 3.42. The third kappa shape index (κ3) is 3.17. The highest BCUT2D eigenvalue weighted by Gasteiger charge is 2.11. The normalized spacial score (nSPS) is 10.7. The Hall–Kier alpha value is 0.320. The summed E-state index contributed by atoms with van der Waals surface area (Å²) in [5, 5.41) is 0.640. The molecule has 0 aliphatic carbocycles. The SMILES string of the molecule is FC(F)Oc1cc(Br)c(CBr)cc1Br. The summed E-state index contributed by atoms with van der Waals surface area (Å²) in [6, 6.07) is 3.23. The lowest BCUT2D eigenvalue weighted by atomic mass is 10.2. The van der Waals surface area contributed by atoms with Gasteiger partial charge in [-0.2, -0.15) is 8.78 Å². The zero-order valence-corrected chi connectivity index (χ0v) is 11.5. The molecule has 0 aliphatic rings. The molecule has 1 aromatic rings. The topological polar surface area (TPSA) is 9.23 Å². The lowest BCUT2D eigenvalue weighted by molar-refractivity contribution is -0.0504. The largest absolute Gasteiger partial charge is 0.434 e. The molecule has 6 heteroatoms. The summed E-state index contributed by atoms with van der Waals surface area (Å²) < 4.78 is 29.4. The minimum absolute atomic E-state index is 0.122. The van der Waals surface area contributed by atoms with E-state index in [1.165, 1.54) is 6.07 Å². The van der Waals surface area contributed by atoms with Crippen LogP contribution in [0.25, 0.3) is 0 Å². The fourth-order valence-corrected chi connectivity index (χ4v) is 2.65. The summed E-state index contributed by atoms with van der Waals surface area (Å²) in [5.74, 6) is 0.122. The second kappa shape index (κ2) is 5.42. The van der Waals surface area contributed by atoms with Gasteiger partial charge in [-0.25, -0.2) is 0 Å². The van der Waals surface area contributed by atoms with Gasteiger partial charge in [-0.15, -0.1) is 0 Å². The molecule has 1 rings (SSSR count). The van der Waals surface area contributed by atoms with Crippen molar-refractivity contribution in [3.63, 3.8) is 0 Å². The van der Waals surface area contributed by atoms with Gasteiger partial charge < -0.3 is 4.74 Å². The van der Waals surface area contributed by atoms with Crippen molar-refractivity contribution in [2.24, 2.45) is 0 Å². The van der Waals surface area contributed by atoms with E-state index < -0.39 is 6.61 Å². The highest BCUT2D eigenvalue weighted by Crippen LogP contribution is 2.33. The van der Waals surface area contributed by atoms with Gasteiger partial charge in [0, 0.05) is 9.80 Å². The summed E-state index contributed by atoms with van der Waals surface area (Å²) in [6.07, 6.45) is 0. The molecule has 0 radical (unpaired) electrons. The summed E-state index contributed by atoms with van der Waals surface area (Å²) in [4.78, 5) is 0. The monoisotopic (exact) mass is 392 g/mol. The molecule has 0 atom stereocenters. The second-order valence-electron chi connectivity index (χ2n) is 2.39. The van der Waals surface area contributed by atoms with E-state index in [2.05, 4.69) is 52.5 Å². The molecule has 0 aromatic heterocycles. The van der Waals surface area contributed by atoms with Crippen molar-refractivity contribution in [3.05, 3.63) is 26.6 Å². The summed E-state index contributed by atoms with van der Waals surface area (Å²) >= 11 is 9.68. The molecule has 1 nitrogen and oxygen atoms in total. The number of hydrogen-bond acceptors (Lipinski definition) is 1. The molecule has 0 unspecified atom stereocenters. The molecule has 0 N–H and O–H groups in total. The van der Waals surface area contributed by atoms with Gasteiger partial charge in [0.1, 0.15) is 5.75 Å². The minimum atomic E-state index is -2.81. The quantitative estimate of drug-likeness (QED) is 0.675. The number of hydrogen-bond donors (Lipinski definition) is 0. The number of benzene rings is 1. The highest BCUT2D eigenvalue weighted by atomic mass is 79.9. The van der Waals surface area contributed by atoms with Crippen LogP contribution in [0, 0.1) is 0 Å². The smallest absolute Gasteiger partial charge is 0.387 e. The Bertz CT molecular complexity index is 331. The van der Waals surface area contributed by atoms with Crippen LogP contribution in [0.3, 0.4) is 0 Å². The maximum absolute atomic E-state index is 11.9. The molecular formula is C8H5Br3F2O. The number of halogens is 5. The molecule has 0 heterocycles. The van der Waals surface area contributed by atoms with E-state index in [0.29, 0.717) is 9.80 Å². The lowest BCUT2D eigenvalue weighted by Crippen LogP contribution is -2.02.